The molecule has 0 saturated carbocycles. The molecule has 0 fully saturated rings. The van der Waals surface area contributed by atoms with Gasteiger partial charge < -0.3 is 9.47 Å². The van der Waals surface area contributed by atoms with Crippen LogP contribution in [0.15, 0.2) is 48.5 Å². The number of anilines is 1. The number of rotatable bonds is 0. The number of carbonyl (C=O) groups is 1. The summed E-state index contributed by atoms with van der Waals surface area (Å²) in [5.74, 6) is -4.16. The van der Waals surface area contributed by atoms with E-state index >= 15 is 0 Å². The number of alkyl halides is 3. The van der Waals surface area contributed by atoms with Gasteiger partial charge in [-0.25, -0.2) is 4.79 Å². The maximum Gasteiger partial charge on any atom is 0.492 e. The topological polar surface area (TPSA) is 38.8 Å². The van der Waals surface area contributed by atoms with Crippen LogP contribution in [-0.4, -0.2) is 18.1 Å². The largest absolute Gasteiger partial charge is 0.492 e. The number of hydrogen-bond donors (Lipinski definition) is 0. The summed E-state index contributed by atoms with van der Waals surface area (Å²) in [5.41, 5.74) is 0.797. The molecule has 0 amide bonds. The zero-order valence-corrected chi connectivity index (χ0v) is 11.6. The molecule has 2 aliphatic rings. The van der Waals surface area contributed by atoms with E-state index in [9.17, 15) is 18.0 Å². The van der Waals surface area contributed by atoms with Crippen LogP contribution in [0.25, 0.3) is 0 Å². The van der Waals surface area contributed by atoms with Crippen LogP contribution in [0.1, 0.15) is 15.9 Å². The van der Waals surface area contributed by atoms with Crippen LogP contribution < -0.4 is 9.64 Å². The molecule has 4 rings (SSSR count). The van der Waals surface area contributed by atoms with E-state index in [0.717, 1.165) is 4.90 Å². The van der Waals surface area contributed by atoms with E-state index in [4.69, 9.17) is 9.47 Å². The number of esters is 1. The normalized spacial score (nSPS) is 22.4. The molecule has 4 nitrogen and oxygen atoms in total. The van der Waals surface area contributed by atoms with E-state index in [0.29, 0.717) is 5.56 Å². The first-order chi connectivity index (χ1) is 10.9. The Labute approximate surface area is 129 Å². The summed E-state index contributed by atoms with van der Waals surface area (Å²) in [6, 6.07) is 12.4. The lowest BCUT2D eigenvalue weighted by Gasteiger charge is -2.49. The summed E-state index contributed by atoms with van der Waals surface area (Å²) in [7, 11) is 0. The number of ether oxygens (including phenoxy) is 2. The zero-order chi connectivity index (χ0) is 16.2. The molecule has 0 radical (unpaired) electrons. The Hall–Kier alpha value is -2.70. The van der Waals surface area contributed by atoms with Crippen LogP contribution in [0.2, 0.25) is 0 Å². The molecule has 1 unspecified atom stereocenters. The lowest BCUT2D eigenvalue weighted by Crippen LogP contribution is -2.68. The van der Waals surface area contributed by atoms with Crippen LogP contribution in [0.5, 0.6) is 5.75 Å². The average molecular weight is 321 g/mol. The Morgan fingerprint density at radius 1 is 1.00 bits per heavy atom. The van der Waals surface area contributed by atoms with Crippen molar-refractivity contribution in [1.29, 1.82) is 0 Å². The van der Waals surface area contributed by atoms with Gasteiger partial charge in [0, 0.05) is 5.56 Å². The van der Waals surface area contributed by atoms with Crippen LogP contribution >= 0.6 is 0 Å². The number of para-hydroxylation sites is 2. The van der Waals surface area contributed by atoms with Gasteiger partial charge in [-0.15, -0.1) is 0 Å². The number of halogens is 3. The van der Waals surface area contributed by atoms with E-state index in [1.54, 1.807) is 30.3 Å². The quantitative estimate of drug-likeness (QED) is 0.697. The summed E-state index contributed by atoms with van der Waals surface area (Å²) in [4.78, 5) is 13.0. The van der Waals surface area contributed by atoms with E-state index in [1.165, 1.54) is 18.2 Å². The summed E-state index contributed by atoms with van der Waals surface area (Å²) in [6.07, 6.45) is -4.93. The molecule has 0 saturated heterocycles. The molecule has 23 heavy (non-hydrogen) atoms. The van der Waals surface area contributed by atoms with Crippen molar-refractivity contribution in [3.8, 4) is 5.75 Å². The summed E-state index contributed by atoms with van der Waals surface area (Å²) in [5, 5.41) is 0. The van der Waals surface area contributed by atoms with Crippen molar-refractivity contribution in [2.45, 2.75) is 18.6 Å². The summed E-state index contributed by atoms with van der Waals surface area (Å²) < 4.78 is 51.3. The van der Waals surface area contributed by atoms with E-state index in [2.05, 4.69) is 0 Å². The number of carbonyl (C=O) groups excluding carboxylic acids is 1. The molecule has 7 heteroatoms. The van der Waals surface area contributed by atoms with Gasteiger partial charge in [-0.3, -0.25) is 4.90 Å². The molecule has 0 aromatic heterocycles. The van der Waals surface area contributed by atoms with Gasteiger partial charge >= 0.3 is 18.1 Å². The minimum Gasteiger partial charge on any atom is -0.428 e. The van der Waals surface area contributed by atoms with Crippen molar-refractivity contribution in [3.63, 3.8) is 0 Å². The minimum atomic E-state index is -4.93. The minimum absolute atomic E-state index is 0.0493. The Kier molecular flexibility index (Phi) is 2.67. The third kappa shape index (κ3) is 1.82. The molecule has 118 valence electrons. The maximum absolute atomic E-state index is 13.8. The second kappa shape index (κ2) is 4.41. The standard InChI is InChI=1S/C16H10F3NO3/c17-15(18,19)16-20(9-10-5-1-4-8-13(10)22-16)12-7-3-2-6-11(12)14(21)23-16/h1-8H,9H2. The van der Waals surface area contributed by atoms with E-state index < -0.39 is 18.1 Å². The Balaban J connectivity index is 1.96. The molecule has 2 aliphatic heterocycles. The number of hydrogen-bond acceptors (Lipinski definition) is 4. The second-order valence-electron chi connectivity index (χ2n) is 5.28. The first-order valence-corrected chi connectivity index (χ1v) is 6.86. The van der Waals surface area contributed by atoms with Gasteiger partial charge in [0.25, 0.3) is 0 Å². The van der Waals surface area contributed by atoms with Gasteiger partial charge in [0.1, 0.15) is 5.75 Å². The average Bonchev–Trinajstić information content (AvgIpc) is 2.52. The van der Waals surface area contributed by atoms with Crippen LogP contribution in [0, 0.1) is 0 Å². The molecule has 2 aromatic carbocycles. The van der Waals surface area contributed by atoms with Gasteiger partial charge in [-0.05, 0) is 18.2 Å². The fraction of sp³-hybridized carbons (Fsp3) is 0.188. The molecule has 0 bridgehead atoms. The molecule has 0 N–H and O–H groups in total. The van der Waals surface area contributed by atoms with Crippen LogP contribution in [0.3, 0.4) is 0 Å². The maximum atomic E-state index is 13.8. The highest BCUT2D eigenvalue weighted by atomic mass is 19.4. The van der Waals surface area contributed by atoms with Crippen molar-refractivity contribution in [2.24, 2.45) is 0 Å². The Morgan fingerprint density at radius 3 is 2.48 bits per heavy atom. The highest BCUT2D eigenvalue weighted by Crippen LogP contribution is 2.49. The van der Waals surface area contributed by atoms with Crippen molar-refractivity contribution in [2.75, 3.05) is 4.90 Å². The van der Waals surface area contributed by atoms with Gasteiger partial charge in [-0.2, -0.15) is 13.2 Å². The molecule has 0 spiro atoms. The molecule has 1 atom stereocenters. The highest BCUT2D eigenvalue weighted by molar-refractivity contribution is 5.98. The van der Waals surface area contributed by atoms with Gasteiger partial charge in [-0.1, -0.05) is 30.3 Å². The molecule has 2 aromatic rings. The second-order valence-corrected chi connectivity index (χ2v) is 5.28. The van der Waals surface area contributed by atoms with Crippen molar-refractivity contribution < 1.29 is 27.4 Å². The Bertz CT molecular complexity index is 805. The monoisotopic (exact) mass is 321 g/mol. The molecular formula is C16H10F3NO3. The number of nitrogens with zero attached hydrogens (tertiary/aromatic N) is 1. The third-order valence-corrected chi connectivity index (χ3v) is 3.91. The predicted molar refractivity (Wildman–Crippen MR) is 73.9 cm³/mol. The molecule has 2 heterocycles. The smallest absolute Gasteiger partial charge is 0.428 e. The summed E-state index contributed by atoms with van der Waals surface area (Å²) >= 11 is 0. The number of fused-ring (bicyclic) bond motifs is 4. The van der Waals surface area contributed by atoms with Crippen molar-refractivity contribution in [1.82, 2.24) is 0 Å². The fourth-order valence-corrected chi connectivity index (χ4v) is 2.86. The number of benzene rings is 2. The van der Waals surface area contributed by atoms with Crippen LogP contribution in [0.4, 0.5) is 18.9 Å². The SMILES string of the molecule is O=C1OC2(C(F)(F)F)Oc3ccccc3CN2c2ccccc21. The lowest BCUT2D eigenvalue weighted by atomic mass is 10.0. The van der Waals surface area contributed by atoms with Crippen molar-refractivity contribution >= 4 is 11.7 Å². The first kappa shape index (κ1) is 13.9. The highest BCUT2D eigenvalue weighted by Gasteiger charge is 2.69. The summed E-state index contributed by atoms with van der Waals surface area (Å²) in [6.45, 7) is -0.0834. The van der Waals surface area contributed by atoms with Gasteiger partial charge in [0.15, 0.2) is 0 Å². The lowest BCUT2D eigenvalue weighted by molar-refractivity contribution is -0.337. The van der Waals surface area contributed by atoms with E-state index in [1.807, 2.05) is 0 Å². The van der Waals surface area contributed by atoms with Gasteiger partial charge in [0.05, 0.1) is 17.8 Å². The molecule has 0 aliphatic carbocycles. The predicted octanol–water partition coefficient (Wildman–Crippen LogP) is 3.47. The Morgan fingerprint density at radius 2 is 1.70 bits per heavy atom. The third-order valence-electron chi connectivity index (χ3n) is 3.91. The zero-order valence-electron chi connectivity index (χ0n) is 11.6. The fourth-order valence-electron chi connectivity index (χ4n) is 2.86. The van der Waals surface area contributed by atoms with Crippen LogP contribution in [-0.2, 0) is 11.3 Å². The van der Waals surface area contributed by atoms with Gasteiger partial charge in [0.2, 0.25) is 0 Å². The van der Waals surface area contributed by atoms with E-state index in [-0.39, 0.29) is 23.5 Å². The molecular weight excluding hydrogens is 311 g/mol. The van der Waals surface area contributed by atoms with Crippen molar-refractivity contribution in [3.05, 3.63) is 59.7 Å². The first-order valence-electron chi connectivity index (χ1n) is 6.86.